The summed E-state index contributed by atoms with van der Waals surface area (Å²) in [5, 5.41) is 71.3. The molecule has 0 amide bonds. The van der Waals surface area contributed by atoms with E-state index in [1.54, 1.807) is 24.3 Å². The summed E-state index contributed by atoms with van der Waals surface area (Å²) >= 11 is 0. The van der Waals surface area contributed by atoms with Gasteiger partial charge in [0, 0.05) is 25.0 Å². The van der Waals surface area contributed by atoms with Crippen molar-refractivity contribution in [2.24, 2.45) is 11.8 Å². The monoisotopic (exact) mass is 598 g/mol. The number of hydrogen-bond acceptors (Lipinski definition) is 14. The van der Waals surface area contributed by atoms with Crippen LogP contribution in [0.5, 0.6) is 34.5 Å². The lowest BCUT2D eigenvalue weighted by Gasteiger charge is -2.39. The number of phenolic OH excluding ortho intramolecular Hbond substituents is 1. The predicted octanol–water partition coefficient (Wildman–Crippen LogP) is -0.365. The number of hydrogen-bond donors (Lipinski definition) is 7. The van der Waals surface area contributed by atoms with Crippen molar-refractivity contribution < 1.29 is 68.9 Å². The van der Waals surface area contributed by atoms with Crippen LogP contribution in [-0.2, 0) is 9.47 Å². The second kappa shape index (κ2) is 13.5. The molecule has 0 bridgehead atoms. The van der Waals surface area contributed by atoms with Crippen molar-refractivity contribution in [3.8, 4) is 34.5 Å². The van der Waals surface area contributed by atoms with Crippen molar-refractivity contribution in [1.29, 1.82) is 0 Å². The van der Waals surface area contributed by atoms with Crippen molar-refractivity contribution in [2.75, 3.05) is 48.3 Å². The van der Waals surface area contributed by atoms with Crippen LogP contribution in [-0.4, -0.2) is 115 Å². The lowest BCUT2D eigenvalue weighted by atomic mass is 9.83. The third-order valence-corrected chi connectivity index (χ3v) is 7.77. The van der Waals surface area contributed by atoms with Gasteiger partial charge < -0.3 is 68.9 Å². The van der Waals surface area contributed by atoms with Crippen LogP contribution >= 0.6 is 0 Å². The fraction of sp³-hybridized carbons (Fsp3) is 0.571. The second-order valence-electron chi connectivity index (χ2n) is 10.0. The molecule has 0 spiro atoms. The second-order valence-corrected chi connectivity index (χ2v) is 10.0. The van der Waals surface area contributed by atoms with E-state index in [1.807, 2.05) is 0 Å². The summed E-state index contributed by atoms with van der Waals surface area (Å²) in [5.74, 6) is -0.814. The number of benzene rings is 2. The van der Waals surface area contributed by atoms with Crippen LogP contribution in [0.1, 0.15) is 23.3 Å². The van der Waals surface area contributed by atoms with Crippen LogP contribution in [0.4, 0.5) is 0 Å². The van der Waals surface area contributed by atoms with Gasteiger partial charge in [0.25, 0.3) is 0 Å². The van der Waals surface area contributed by atoms with Crippen LogP contribution in [0.3, 0.4) is 0 Å². The van der Waals surface area contributed by atoms with E-state index < -0.39 is 61.4 Å². The Labute approximate surface area is 242 Å². The van der Waals surface area contributed by atoms with Crippen LogP contribution < -0.4 is 23.7 Å². The van der Waals surface area contributed by atoms with E-state index >= 15 is 0 Å². The Morgan fingerprint density at radius 3 is 1.48 bits per heavy atom. The quantitative estimate of drug-likeness (QED) is 0.176. The zero-order chi connectivity index (χ0) is 30.7. The van der Waals surface area contributed by atoms with Crippen LogP contribution in [0.15, 0.2) is 24.3 Å². The third kappa shape index (κ3) is 5.76. The molecule has 0 aromatic heterocycles. The molecule has 7 N–H and O–H groups in total. The molecule has 14 heteroatoms. The van der Waals surface area contributed by atoms with Gasteiger partial charge in [-0.05, 0) is 35.4 Å². The average molecular weight is 599 g/mol. The molecule has 2 aromatic carbocycles. The lowest BCUT2D eigenvalue weighted by molar-refractivity contribution is -0.277. The maximum atomic E-state index is 10.5. The number of rotatable bonds is 11. The topological polar surface area (TPSA) is 206 Å². The van der Waals surface area contributed by atoms with Crippen molar-refractivity contribution in [2.45, 2.75) is 42.9 Å². The SMILES string of the molecule is COc1cc([C@@H]2O[C@@H](c3cc(OC)c(O[C@@H]4O[C@H](CO)[C@@H](O)[C@H](O)[C@H]4O)c(OC)c3)[C@H](CO)[C@H]2CO)cc(OC)c1O. The minimum atomic E-state index is -1.67. The first-order valence-electron chi connectivity index (χ1n) is 13.2. The van der Waals surface area contributed by atoms with Crippen LogP contribution in [0, 0.1) is 11.8 Å². The highest BCUT2D eigenvalue weighted by molar-refractivity contribution is 5.55. The van der Waals surface area contributed by atoms with E-state index in [4.69, 9.17) is 33.2 Å². The van der Waals surface area contributed by atoms with Gasteiger partial charge >= 0.3 is 0 Å². The van der Waals surface area contributed by atoms with Gasteiger partial charge in [-0.15, -0.1) is 0 Å². The van der Waals surface area contributed by atoms with Gasteiger partial charge in [0.05, 0.1) is 47.3 Å². The minimum absolute atomic E-state index is 0.00473. The smallest absolute Gasteiger partial charge is 0.229 e. The van der Waals surface area contributed by atoms with E-state index in [1.165, 1.54) is 28.4 Å². The molecule has 4 rings (SSSR count). The molecule has 0 unspecified atom stereocenters. The normalized spacial score (nSPS) is 31.0. The Kier molecular flexibility index (Phi) is 10.2. The van der Waals surface area contributed by atoms with Crippen LogP contribution in [0.2, 0.25) is 0 Å². The Bertz CT molecular complexity index is 1160. The number of aromatic hydroxyl groups is 1. The molecule has 2 heterocycles. The molecule has 2 fully saturated rings. The fourth-order valence-corrected chi connectivity index (χ4v) is 5.46. The molecule has 0 saturated carbocycles. The largest absolute Gasteiger partial charge is 0.502 e. The van der Waals surface area contributed by atoms with Gasteiger partial charge in [0.15, 0.2) is 23.0 Å². The summed E-state index contributed by atoms with van der Waals surface area (Å²) in [7, 11) is 5.52. The number of phenols is 1. The number of aliphatic hydroxyl groups is 6. The summed E-state index contributed by atoms with van der Waals surface area (Å²) < 4.78 is 39.4. The minimum Gasteiger partial charge on any atom is -0.502 e. The maximum absolute atomic E-state index is 10.5. The van der Waals surface area contributed by atoms with Crippen molar-refractivity contribution in [3.63, 3.8) is 0 Å². The zero-order valence-corrected chi connectivity index (χ0v) is 23.6. The number of methoxy groups -OCH3 is 4. The summed E-state index contributed by atoms with van der Waals surface area (Å²) in [6.07, 6.45) is -9.07. The van der Waals surface area contributed by atoms with E-state index in [-0.39, 0.29) is 47.7 Å². The molecule has 9 atom stereocenters. The number of ether oxygens (including phenoxy) is 7. The van der Waals surface area contributed by atoms with Gasteiger partial charge in [-0.25, -0.2) is 0 Å². The van der Waals surface area contributed by atoms with E-state index in [0.717, 1.165) is 0 Å². The summed E-state index contributed by atoms with van der Waals surface area (Å²) in [5.41, 5.74) is 1.05. The molecular formula is C28H38O14. The molecule has 0 aliphatic carbocycles. The van der Waals surface area contributed by atoms with Gasteiger partial charge in [0.2, 0.25) is 17.8 Å². The molecular weight excluding hydrogens is 560 g/mol. The van der Waals surface area contributed by atoms with Gasteiger partial charge in [-0.3, -0.25) is 0 Å². The maximum Gasteiger partial charge on any atom is 0.229 e. The Morgan fingerprint density at radius 1 is 0.619 bits per heavy atom. The van der Waals surface area contributed by atoms with E-state index in [2.05, 4.69) is 0 Å². The molecule has 2 aromatic rings. The standard InChI is InChI=1S/C28H38O14/c1-36-16-5-12(6-17(37-2)21(16)32)25-14(9-29)15(10-30)26(41-25)13-7-18(38-3)27(19(8-13)39-4)42-28-24(35)23(34)22(33)20(11-31)40-28/h5-8,14-15,20,22-26,28-35H,9-11H2,1-4H3/t14-,15-,20-,22-,23+,24-,25+,26+,28+/m1/s1. The third-order valence-electron chi connectivity index (χ3n) is 7.77. The first kappa shape index (κ1) is 31.8. The Balaban J connectivity index is 1.70. The van der Waals surface area contributed by atoms with E-state index in [0.29, 0.717) is 11.1 Å². The van der Waals surface area contributed by atoms with Gasteiger partial charge in [0.1, 0.15) is 24.4 Å². The Hall–Kier alpha value is -3.08. The molecule has 234 valence electrons. The lowest BCUT2D eigenvalue weighted by Crippen LogP contribution is -2.60. The Morgan fingerprint density at radius 2 is 1.07 bits per heavy atom. The van der Waals surface area contributed by atoms with Crippen molar-refractivity contribution >= 4 is 0 Å². The first-order valence-corrected chi connectivity index (χ1v) is 13.2. The highest BCUT2D eigenvalue weighted by Gasteiger charge is 2.47. The summed E-state index contributed by atoms with van der Waals surface area (Å²) in [6, 6.07) is 6.29. The highest BCUT2D eigenvalue weighted by Crippen LogP contribution is 2.53. The highest BCUT2D eigenvalue weighted by atomic mass is 16.7. The van der Waals surface area contributed by atoms with Gasteiger partial charge in [-0.2, -0.15) is 0 Å². The average Bonchev–Trinajstić information content (AvgIpc) is 3.39. The molecule has 2 aliphatic rings. The fourth-order valence-electron chi connectivity index (χ4n) is 5.46. The summed E-state index contributed by atoms with van der Waals surface area (Å²) in [6.45, 7) is -1.30. The predicted molar refractivity (Wildman–Crippen MR) is 143 cm³/mol. The summed E-state index contributed by atoms with van der Waals surface area (Å²) in [4.78, 5) is 0. The molecule has 0 radical (unpaired) electrons. The molecule has 2 aliphatic heterocycles. The molecule has 14 nitrogen and oxygen atoms in total. The molecule has 42 heavy (non-hydrogen) atoms. The van der Waals surface area contributed by atoms with Crippen molar-refractivity contribution in [1.82, 2.24) is 0 Å². The van der Waals surface area contributed by atoms with Crippen LogP contribution in [0.25, 0.3) is 0 Å². The number of aliphatic hydroxyl groups excluding tert-OH is 6. The van der Waals surface area contributed by atoms with E-state index in [9.17, 15) is 35.7 Å². The van der Waals surface area contributed by atoms with Gasteiger partial charge in [-0.1, -0.05) is 0 Å². The first-order chi connectivity index (χ1) is 20.2. The molecule has 2 saturated heterocycles. The van der Waals surface area contributed by atoms with Crippen molar-refractivity contribution in [3.05, 3.63) is 35.4 Å². The zero-order valence-electron chi connectivity index (χ0n) is 23.6.